The highest BCUT2D eigenvalue weighted by Crippen LogP contribution is 2.23. The number of hydrogen-bond acceptors (Lipinski definition) is 2. The Hall–Kier alpha value is -1.64. The van der Waals surface area contributed by atoms with Crippen LogP contribution in [0.5, 0.6) is 0 Å². The van der Waals surface area contributed by atoms with Gasteiger partial charge in [-0.05, 0) is 68.6 Å². The van der Waals surface area contributed by atoms with E-state index in [1.54, 1.807) is 0 Å². The van der Waals surface area contributed by atoms with Gasteiger partial charge in [0.05, 0.1) is 0 Å². The van der Waals surface area contributed by atoms with Crippen LogP contribution in [0.15, 0.2) is 54.6 Å². The number of likely N-dealkylation sites (tertiary alicyclic amines) is 2. The third-order valence-corrected chi connectivity index (χ3v) is 5.68. The van der Waals surface area contributed by atoms with Gasteiger partial charge >= 0.3 is 0 Å². The Bertz CT molecular complexity index is 621. The molecule has 0 radical (unpaired) electrons. The van der Waals surface area contributed by atoms with Crippen LogP contribution in [0, 0.1) is 0 Å². The molecule has 0 unspecified atom stereocenters. The number of rotatable bonds is 4. The smallest absolute Gasteiger partial charge is 0.0233 e. The highest BCUT2D eigenvalue weighted by atomic mass is 15.2. The first-order chi connectivity index (χ1) is 11.9. The average molecular weight is 320 g/mol. The molecule has 2 fully saturated rings. The molecule has 0 spiro atoms. The SMILES string of the molecule is c1ccc(-c2ccc(CN3CCC(N4CCCC4)CC3)cc2)cc1. The van der Waals surface area contributed by atoms with Crippen LogP contribution in [0.3, 0.4) is 0 Å². The lowest BCUT2D eigenvalue weighted by Gasteiger charge is -2.36. The normalized spacial score (nSPS) is 20.5. The summed E-state index contributed by atoms with van der Waals surface area (Å²) in [6.45, 7) is 6.28. The summed E-state index contributed by atoms with van der Waals surface area (Å²) >= 11 is 0. The van der Waals surface area contributed by atoms with Crippen molar-refractivity contribution in [3.05, 3.63) is 60.2 Å². The van der Waals surface area contributed by atoms with Gasteiger partial charge in [0.25, 0.3) is 0 Å². The van der Waals surface area contributed by atoms with Gasteiger partial charge in [-0.2, -0.15) is 0 Å². The molecule has 0 bridgehead atoms. The minimum atomic E-state index is 0.851. The molecule has 0 saturated carbocycles. The van der Waals surface area contributed by atoms with Gasteiger partial charge in [0, 0.05) is 12.6 Å². The molecule has 4 rings (SSSR count). The van der Waals surface area contributed by atoms with Crippen LogP contribution in [0.2, 0.25) is 0 Å². The second-order valence-electron chi connectivity index (χ2n) is 7.31. The summed E-state index contributed by atoms with van der Waals surface area (Å²) in [6, 6.07) is 20.6. The Morgan fingerprint density at radius 1 is 0.708 bits per heavy atom. The van der Waals surface area contributed by atoms with Crippen molar-refractivity contribution in [3.8, 4) is 11.1 Å². The van der Waals surface area contributed by atoms with E-state index in [0.29, 0.717) is 0 Å². The highest BCUT2D eigenvalue weighted by molar-refractivity contribution is 5.63. The molecular formula is C22H28N2. The highest BCUT2D eigenvalue weighted by Gasteiger charge is 2.26. The molecule has 2 heterocycles. The number of benzene rings is 2. The Kier molecular flexibility index (Phi) is 4.96. The Balaban J connectivity index is 1.31. The van der Waals surface area contributed by atoms with Gasteiger partial charge in [0.15, 0.2) is 0 Å². The van der Waals surface area contributed by atoms with Crippen LogP contribution in [-0.2, 0) is 6.54 Å². The largest absolute Gasteiger partial charge is 0.300 e. The fourth-order valence-electron chi connectivity index (χ4n) is 4.24. The molecule has 2 aromatic carbocycles. The van der Waals surface area contributed by atoms with Crippen molar-refractivity contribution in [2.75, 3.05) is 26.2 Å². The second-order valence-corrected chi connectivity index (χ2v) is 7.31. The molecule has 2 heteroatoms. The first kappa shape index (κ1) is 15.9. The summed E-state index contributed by atoms with van der Waals surface area (Å²) < 4.78 is 0. The van der Waals surface area contributed by atoms with Crippen molar-refractivity contribution < 1.29 is 0 Å². The summed E-state index contributed by atoms with van der Waals surface area (Å²) in [6.07, 6.45) is 5.52. The van der Waals surface area contributed by atoms with E-state index in [2.05, 4.69) is 64.4 Å². The topological polar surface area (TPSA) is 6.48 Å². The third-order valence-electron chi connectivity index (χ3n) is 5.68. The van der Waals surface area contributed by atoms with E-state index in [9.17, 15) is 0 Å². The lowest BCUT2D eigenvalue weighted by molar-refractivity contribution is 0.122. The molecule has 0 atom stereocenters. The molecule has 0 amide bonds. The first-order valence-corrected chi connectivity index (χ1v) is 9.49. The molecule has 0 aliphatic carbocycles. The zero-order valence-corrected chi connectivity index (χ0v) is 14.5. The van der Waals surface area contributed by atoms with Gasteiger partial charge < -0.3 is 4.90 Å². The van der Waals surface area contributed by atoms with Gasteiger partial charge in [0.1, 0.15) is 0 Å². The Labute approximate surface area is 146 Å². The van der Waals surface area contributed by atoms with Crippen LogP contribution >= 0.6 is 0 Å². The van der Waals surface area contributed by atoms with Crippen LogP contribution in [-0.4, -0.2) is 42.0 Å². The molecule has 0 N–H and O–H groups in total. The maximum absolute atomic E-state index is 2.73. The lowest BCUT2D eigenvalue weighted by atomic mass is 10.0. The van der Waals surface area contributed by atoms with Crippen molar-refractivity contribution in [3.63, 3.8) is 0 Å². The van der Waals surface area contributed by atoms with Crippen molar-refractivity contribution in [1.29, 1.82) is 0 Å². The zero-order chi connectivity index (χ0) is 16.2. The molecule has 0 aromatic heterocycles. The summed E-state index contributed by atoms with van der Waals surface area (Å²) in [5, 5.41) is 0. The van der Waals surface area contributed by atoms with Crippen LogP contribution in [0.1, 0.15) is 31.2 Å². The van der Waals surface area contributed by atoms with E-state index >= 15 is 0 Å². The molecule has 2 aliphatic rings. The molecular weight excluding hydrogens is 292 g/mol. The predicted molar refractivity (Wildman–Crippen MR) is 101 cm³/mol. The summed E-state index contributed by atoms with van der Waals surface area (Å²) in [5.74, 6) is 0. The summed E-state index contributed by atoms with van der Waals surface area (Å²) in [4.78, 5) is 5.36. The van der Waals surface area contributed by atoms with Gasteiger partial charge in [-0.1, -0.05) is 54.6 Å². The fourth-order valence-corrected chi connectivity index (χ4v) is 4.24. The Morgan fingerprint density at radius 2 is 1.33 bits per heavy atom. The Morgan fingerprint density at radius 3 is 2.00 bits per heavy atom. The van der Waals surface area contributed by atoms with E-state index in [1.165, 1.54) is 68.6 Å². The van der Waals surface area contributed by atoms with E-state index in [1.807, 2.05) is 0 Å². The minimum Gasteiger partial charge on any atom is -0.300 e. The monoisotopic (exact) mass is 320 g/mol. The molecule has 2 aromatic rings. The first-order valence-electron chi connectivity index (χ1n) is 9.49. The molecule has 2 nitrogen and oxygen atoms in total. The van der Waals surface area contributed by atoms with Crippen LogP contribution < -0.4 is 0 Å². The standard InChI is InChI=1S/C22H28N2/c1-2-6-20(7-3-1)21-10-8-19(9-11-21)18-23-16-12-22(13-17-23)24-14-4-5-15-24/h1-3,6-11,22H,4-5,12-18H2. The van der Waals surface area contributed by atoms with E-state index in [0.717, 1.165) is 12.6 Å². The van der Waals surface area contributed by atoms with E-state index in [4.69, 9.17) is 0 Å². The second kappa shape index (κ2) is 7.50. The minimum absolute atomic E-state index is 0.851. The maximum Gasteiger partial charge on any atom is 0.0233 e. The lowest BCUT2D eigenvalue weighted by Crippen LogP contribution is -2.43. The fraction of sp³-hybridized carbons (Fsp3) is 0.455. The zero-order valence-electron chi connectivity index (χ0n) is 14.5. The quantitative estimate of drug-likeness (QED) is 0.823. The van der Waals surface area contributed by atoms with Gasteiger partial charge in [-0.15, -0.1) is 0 Å². The molecule has 2 aliphatic heterocycles. The van der Waals surface area contributed by atoms with Crippen LogP contribution in [0.25, 0.3) is 11.1 Å². The predicted octanol–water partition coefficient (Wildman–Crippen LogP) is 4.41. The van der Waals surface area contributed by atoms with Crippen LogP contribution in [0.4, 0.5) is 0 Å². The van der Waals surface area contributed by atoms with E-state index in [-0.39, 0.29) is 0 Å². The van der Waals surface area contributed by atoms with Gasteiger partial charge in [-0.25, -0.2) is 0 Å². The number of hydrogen-bond donors (Lipinski definition) is 0. The summed E-state index contributed by atoms with van der Waals surface area (Å²) in [5.41, 5.74) is 4.05. The van der Waals surface area contributed by atoms with Crippen molar-refractivity contribution >= 4 is 0 Å². The van der Waals surface area contributed by atoms with E-state index < -0.39 is 0 Å². The molecule has 2 saturated heterocycles. The third kappa shape index (κ3) is 3.71. The maximum atomic E-state index is 2.73. The molecule has 24 heavy (non-hydrogen) atoms. The summed E-state index contributed by atoms with van der Waals surface area (Å²) in [7, 11) is 0. The molecule has 126 valence electrons. The average Bonchev–Trinajstić information content (AvgIpc) is 3.18. The number of nitrogens with zero attached hydrogens (tertiary/aromatic N) is 2. The van der Waals surface area contributed by atoms with Gasteiger partial charge in [0.2, 0.25) is 0 Å². The van der Waals surface area contributed by atoms with Crippen molar-refractivity contribution in [2.24, 2.45) is 0 Å². The van der Waals surface area contributed by atoms with Crippen molar-refractivity contribution in [2.45, 2.75) is 38.3 Å². The number of piperidine rings is 1. The van der Waals surface area contributed by atoms with Gasteiger partial charge in [-0.3, -0.25) is 4.90 Å². The van der Waals surface area contributed by atoms with Crippen molar-refractivity contribution in [1.82, 2.24) is 9.80 Å².